The molecule has 0 amide bonds. The van der Waals surface area contributed by atoms with Gasteiger partial charge in [-0.3, -0.25) is 0 Å². The van der Waals surface area contributed by atoms with Gasteiger partial charge < -0.3 is 25.3 Å². The van der Waals surface area contributed by atoms with Crippen molar-refractivity contribution in [3.05, 3.63) is 42.4 Å². The van der Waals surface area contributed by atoms with Gasteiger partial charge in [-0.2, -0.15) is 0 Å². The zero-order valence-corrected chi connectivity index (χ0v) is 13.8. The van der Waals surface area contributed by atoms with E-state index in [9.17, 15) is 10.2 Å². The summed E-state index contributed by atoms with van der Waals surface area (Å²) in [5.74, 6) is 0.381. The lowest BCUT2D eigenvalue weighted by Gasteiger charge is -2.17. The number of aryl methyl sites for hydroxylation is 1. The number of hydrogen-bond acceptors (Lipinski definition) is 6. The third kappa shape index (κ3) is 2.66. The van der Waals surface area contributed by atoms with Crippen molar-refractivity contribution in [2.75, 3.05) is 12.3 Å². The molecule has 0 radical (unpaired) electrons. The number of nitrogens with two attached hydrogens (primary N) is 1. The Morgan fingerprint density at radius 1 is 1.36 bits per heavy atom. The molecule has 7 nitrogen and oxygen atoms in total. The topological polar surface area (TPSA) is 106 Å². The fraction of sp³-hybridized carbons (Fsp3) is 0.333. The van der Waals surface area contributed by atoms with E-state index in [0.29, 0.717) is 17.9 Å². The third-order valence-electron chi connectivity index (χ3n) is 4.61. The largest absolute Gasteiger partial charge is 0.394 e. The summed E-state index contributed by atoms with van der Waals surface area (Å²) >= 11 is 0. The first kappa shape index (κ1) is 16.0. The molecule has 0 unspecified atom stereocenters. The summed E-state index contributed by atoms with van der Waals surface area (Å²) in [6.07, 6.45) is 1.93. The molecule has 3 aromatic rings. The fourth-order valence-electron chi connectivity index (χ4n) is 3.43. The van der Waals surface area contributed by atoms with E-state index in [2.05, 4.69) is 16.0 Å². The number of aromatic nitrogens is 3. The van der Waals surface area contributed by atoms with E-state index in [-0.39, 0.29) is 12.7 Å². The quantitative estimate of drug-likeness (QED) is 0.669. The maximum atomic E-state index is 10.4. The standard InChI is InChI=1S/C18H20N4O3/c1-10-3-2-4-11(5-10)13-7-22(17-15(13)16(19)20-9-21-17)18-14(24)6-12(8-23)25-18/h2-5,7,9,12,14,18,23-24H,6,8H2,1H3,(H2,19,20,21)/t12-,14+,18+/m0/s1. The van der Waals surface area contributed by atoms with Crippen molar-refractivity contribution in [1.82, 2.24) is 14.5 Å². The van der Waals surface area contributed by atoms with Crippen LogP contribution in [0.1, 0.15) is 18.2 Å². The van der Waals surface area contributed by atoms with Crippen molar-refractivity contribution in [2.45, 2.75) is 31.8 Å². The molecule has 0 saturated carbocycles. The van der Waals surface area contributed by atoms with Crippen LogP contribution in [0, 0.1) is 6.92 Å². The highest BCUT2D eigenvalue weighted by atomic mass is 16.5. The minimum Gasteiger partial charge on any atom is -0.394 e. The van der Waals surface area contributed by atoms with Crippen LogP contribution in [0.4, 0.5) is 5.82 Å². The second kappa shape index (κ2) is 6.11. The van der Waals surface area contributed by atoms with Gasteiger partial charge in [0.1, 0.15) is 23.9 Å². The molecular weight excluding hydrogens is 320 g/mol. The van der Waals surface area contributed by atoms with Crippen molar-refractivity contribution in [3.63, 3.8) is 0 Å². The monoisotopic (exact) mass is 340 g/mol. The number of rotatable bonds is 3. The molecule has 4 N–H and O–H groups in total. The van der Waals surface area contributed by atoms with Gasteiger partial charge in [-0.05, 0) is 12.5 Å². The molecule has 7 heteroatoms. The Hall–Kier alpha value is -2.48. The maximum absolute atomic E-state index is 10.4. The molecule has 1 aliphatic rings. The average molecular weight is 340 g/mol. The average Bonchev–Trinajstić information content (AvgIpc) is 3.16. The number of fused-ring (bicyclic) bond motifs is 1. The number of nitrogen functional groups attached to an aromatic ring is 1. The summed E-state index contributed by atoms with van der Waals surface area (Å²) in [4.78, 5) is 8.47. The van der Waals surface area contributed by atoms with E-state index in [1.54, 1.807) is 4.57 Å². The molecule has 0 bridgehead atoms. The zero-order chi connectivity index (χ0) is 17.6. The summed E-state index contributed by atoms with van der Waals surface area (Å²) in [5, 5.41) is 20.4. The van der Waals surface area contributed by atoms with Gasteiger partial charge in [-0.1, -0.05) is 29.8 Å². The van der Waals surface area contributed by atoms with Gasteiger partial charge in [0.25, 0.3) is 0 Å². The number of hydrogen-bond donors (Lipinski definition) is 3. The van der Waals surface area contributed by atoms with Gasteiger partial charge in [0.05, 0.1) is 18.1 Å². The van der Waals surface area contributed by atoms with Crippen molar-refractivity contribution < 1.29 is 14.9 Å². The molecule has 1 saturated heterocycles. The third-order valence-corrected chi connectivity index (χ3v) is 4.61. The lowest BCUT2D eigenvalue weighted by Crippen LogP contribution is -2.19. The number of nitrogens with zero attached hydrogens (tertiary/aromatic N) is 3. The lowest BCUT2D eigenvalue weighted by atomic mass is 10.0. The predicted octanol–water partition coefficient (Wildman–Crippen LogP) is 1.63. The van der Waals surface area contributed by atoms with Gasteiger partial charge >= 0.3 is 0 Å². The summed E-state index contributed by atoms with van der Waals surface area (Å²) in [7, 11) is 0. The summed E-state index contributed by atoms with van der Waals surface area (Å²) < 4.78 is 7.57. The first-order valence-corrected chi connectivity index (χ1v) is 8.21. The van der Waals surface area contributed by atoms with Crippen molar-refractivity contribution in [2.24, 2.45) is 0 Å². The Morgan fingerprint density at radius 3 is 2.92 bits per heavy atom. The molecule has 1 aromatic carbocycles. The smallest absolute Gasteiger partial charge is 0.161 e. The summed E-state index contributed by atoms with van der Waals surface area (Å²) in [5.41, 5.74) is 9.74. The molecule has 130 valence electrons. The Morgan fingerprint density at radius 2 is 2.20 bits per heavy atom. The second-order valence-electron chi connectivity index (χ2n) is 6.41. The second-order valence-corrected chi connectivity index (χ2v) is 6.41. The van der Waals surface area contributed by atoms with E-state index >= 15 is 0 Å². The maximum Gasteiger partial charge on any atom is 0.161 e. The Labute approximate surface area is 144 Å². The molecule has 1 fully saturated rings. The van der Waals surface area contributed by atoms with E-state index < -0.39 is 12.3 Å². The fourth-order valence-corrected chi connectivity index (χ4v) is 3.43. The minimum atomic E-state index is -0.728. The van der Waals surface area contributed by atoms with E-state index in [4.69, 9.17) is 10.5 Å². The number of aliphatic hydroxyl groups excluding tert-OH is 2. The van der Waals surface area contributed by atoms with Crippen LogP contribution >= 0.6 is 0 Å². The van der Waals surface area contributed by atoms with Crippen LogP contribution in [0.2, 0.25) is 0 Å². The first-order valence-electron chi connectivity index (χ1n) is 8.21. The molecule has 3 heterocycles. The molecule has 25 heavy (non-hydrogen) atoms. The number of anilines is 1. The highest BCUT2D eigenvalue weighted by Crippen LogP contribution is 2.38. The Bertz CT molecular complexity index is 924. The van der Waals surface area contributed by atoms with Crippen LogP contribution in [-0.4, -0.2) is 43.6 Å². The van der Waals surface area contributed by atoms with Gasteiger partial charge in [0.2, 0.25) is 0 Å². The highest BCUT2D eigenvalue weighted by Gasteiger charge is 2.36. The van der Waals surface area contributed by atoms with Crippen molar-refractivity contribution in [1.29, 1.82) is 0 Å². The lowest BCUT2D eigenvalue weighted by molar-refractivity contribution is -0.0483. The minimum absolute atomic E-state index is 0.130. The predicted molar refractivity (Wildman–Crippen MR) is 93.7 cm³/mol. The van der Waals surface area contributed by atoms with Gasteiger partial charge in [-0.25, -0.2) is 9.97 Å². The van der Waals surface area contributed by atoms with Crippen LogP contribution in [0.15, 0.2) is 36.8 Å². The van der Waals surface area contributed by atoms with Gasteiger partial charge in [-0.15, -0.1) is 0 Å². The molecule has 3 atom stereocenters. The van der Waals surface area contributed by atoms with Crippen LogP contribution in [0.5, 0.6) is 0 Å². The van der Waals surface area contributed by atoms with Gasteiger partial charge in [0, 0.05) is 18.2 Å². The summed E-state index contributed by atoms with van der Waals surface area (Å²) in [6, 6.07) is 8.07. The molecule has 2 aromatic heterocycles. The molecule has 0 spiro atoms. The Kier molecular flexibility index (Phi) is 3.91. The summed E-state index contributed by atoms with van der Waals surface area (Å²) in [6.45, 7) is 1.90. The van der Waals surface area contributed by atoms with Crippen LogP contribution < -0.4 is 5.73 Å². The molecule has 4 rings (SSSR count). The van der Waals surface area contributed by atoms with Gasteiger partial charge in [0.15, 0.2) is 6.23 Å². The van der Waals surface area contributed by atoms with Crippen LogP contribution in [0.25, 0.3) is 22.2 Å². The van der Waals surface area contributed by atoms with E-state index in [0.717, 1.165) is 22.1 Å². The normalized spacial score (nSPS) is 23.4. The number of aliphatic hydroxyl groups is 2. The Balaban J connectivity index is 1.91. The first-order chi connectivity index (χ1) is 12.1. The van der Waals surface area contributed by atoms with Crippen LogP contribution in [-0.2, 0) is 4.74 Å². The van der Waals surface area contributed by atoms with Crippen LogP contribution in [0.3, 0.4) is 0 Å². The van der Waals surface area contributed by atoms with Crippen molar-refractivity contribution in [3.8, 4) is 11.1 Å². The SMILES string of the molecule is Cc1cccc(-c2cn([C@@H]3O[C@H](CO)C[C@H]3O)c3ncnc(N)c23)c1. The zero-order valence-electron chi connectivity index (χ0n) is 13.8. The molecular formula is C18H20N4O3. The van der Waals surface area contributed by atoms with Crippen molar-refractivity contribution >= 4 is 16.9 Å². The molecule has 0 aliphatic carbocycles. The van der Waals surface area contributed by atoms with E-state index in [1.807, 2.05) is 31.3 Å². The number of benzene rings is 1. The van der Waals surface area contributed by atoms with E-state index in [1.165, 1.54) is 6.33 Å². The molecule has 1 aliphatic heterocycles. The number of ether oxygens (including phenoxy) is 1. The highest BCUT2D eigenvalue weighted by molar-refractivity contribution is 6.00.